The number of hydrogen-bond acceptors (Lipinski definition) is 3. The number of nitrogens with zero attached hydrogens (tertiary/aromatic N) is 1. The molecular weight excluding hydrogens is 264 g/mol. The van der Waals surface area contributed by atoms with Gasteiger partial charge in [-0.15, -0.1) is 0 Å². The zero-order valence-electron chi connectivity index (χ0n) is 11.9. The zero-order valence-corrected chi connectivity index (χ0v) is 12.6. The fraction of sp³-hybridized carbons (Fsp3) is 0.500. The Morgan fingerprint density at radius 3 is 2.74 bits per heavy atom. The minimum Gasteiger partial charge on any atom is -0.482 e. The number of carbonyl (C=O) groups is 1. The van der Waals surface area contributed by atoms with E-state index in [9.17, 15) is 4.79 Å². The van der Waals surface area contributed by atoms with Crippen molar-refractivity contribution in [3.05, 3.63) is 28.8 Å². The van der Waals surface area contributed by atoms with Crippen molar-refractivity contribution in [1.82, 2.24) is 10.2 Å². The lowest BCUT2D eigenvalue weighted by atomic mass is 10.1. The molecule has 5 heteroatoms. The van der Waals surface area contributed by atoms with Crippen LogP contribution in [0.4, 0.5) is 0 Å². The highest BCUT2D eigenvalue weighted by molar-refractivity contribution is 6.32. The van der Waals surface area contributed by atoms with Crippen molar-refractivity contribution in [1.29, 1.82) is 0 Å². The molecule has 0 fully saturated rings. The molecule has 0 aliphatic heterocycles. The third-order valence-corrected chi connectivity index (χ3v) is 3.44. The molecular formula is C14H21ClN2O2. The minimum atomic E-state index is -0.0637. The van der Waals surface area contributed by atoms with E-state index in [0.717, 1.165) is 5.56 Å². The first-order valence-corrected chi connectivity index (χ1v) is 6.70. The second-order valence-corrected chi connectivity index (χ2v) is 4.80. The van der Waals surface area contributed by atoms with Crippen molar-refractivity contribution in [2.24, 2.45) is 0 Å². The second-order valence-electron chi connectivity index (χ2n) is 4.40. The van der Waals surface area contributed by atoms with Gasteiger partial charge < -0.3 is 15.0 Å². The molecule has 1 rings (SSSR count). The predicted molar refractivity (Wildman–Crippen MR) is 77.7 cm³/mol. The number of hydrogen-bond donors (Lipinski definition) is 1. The molecule has 106 valence electrons. The number of benzene rings is 1. The summed E-state index contributed by atoms with van der Waals surface area (Å²) in [6, 6.07) is 5.81. The third kappa shape index (κ3) is 4.40. The van der Waals surface area contributed by atoms with Crippen molar-refractivity contribution in [3.8, 4) is 5.75 Å². The zero-order chi connectivity index (χ0) is 14.4. The number of ether oxygens (including phenoxy) is 1. The van der Waals surface area contributed by atoms with Crippen LogP contribution in [0.1, 0.15) is 25.5 Å². The van der Waals surface area contributed by atoms with Crippen molar-refractivity contribution in [2.45, 2.75) is 19.9 Å². The summed E-state index contributed by atoms with van der Waals surface area (Å²) in [5.41, 5.74) is 1.08. The van der Waals surface area contributed by atoms with Gasteiger partial charge in [0.2, 0.25) is 0 Å². The molecule has 0 saturated carbocycles. The van der Waals surface area contributed by atoms with Gasteiger partial charge in [-0.05, 0) is 38.6 Å². The first-order valence-electron chi connectivity index (χ1n) is 6.33. The molecule has 1 N–H and O–H groups in total. The van der Waals surface area contributed by atoms with Gasteiger partial charge in [0, 0.05) is 19.6 Å². The fourth-order valence-corrected chi connectivity index (χ4v) is 1.74. The number of rotatable bonds is 6. The van der Waals surface area contributed by atoms with E-state index in [1.807, 2.05) is 33.0 Å². The average Bonchev–Trinajstić information content (AvgIpc) is 2.43. The normalized spacial score (nSPS) is 12.1. The van der Waals surface area contributed by atoms with Crippen molar-refractivity contribution >= 4 is 17.5 Å². The molecule has 0 heterocycles. The number of amides is 1. The number of likely N-dealkylation sites (N-methyl/N-ethyl adjacent to an activating group) is 1. The van der Waals surface area contributed by atoms with Crippen LogP contribution in [-0.4, -0.2) is 38.1 Å². The summed E-state index contributed by atoms with van der Waals surface area (Å²) < 4.78 is 5.45. The molecule has 1 aromatic carbocycles. The molecule has 0 aromatic heterocycles. The monoisotopic (exact) mass is 284 g/mol. The molecule has 19 heavy (non-hydrogen) atoms. The van der Waals surface area contributed by atoms with Gasteiger partial charge in [0.15, 0.2) is 6.61 Å². The maximum absolute atomic E-state index is 11.6. The summed E-state index contributed by atoms with van der Waals surface area (Å²) in [5.74, 6) is 0.470. The maximum atomic E-state index is 11.6. The molecule has 4 nitrogen and oxygen atoms in total. The number of nitrogens with one attached hydrogen (secondary N) is 1. The highest BCUT2D eigenvalue weighted by Crippen LogP contribution is 2.27. The molecule has 0 bridgehead atoms. The largest absolute Gasteiger partial charge is 0.482 e. The Bertz CT molecular complexity index is 437. The lowest BCUT2D eigenvalue weighted by Crippen LogP contribution is -2.31. The number of halogens is 1. The standard InChI is InChI=1S/C14H21ClN2O2/c1-5-17(4)14(18)9-19-13-7-6-11(8-12(13)15)10(2)16-3/h6-8,10,16H,5,9H2,1-4H3. The molecule has 0 saturated heterocycles. The molecule has 1 unspecified atom stereocenters. The SMILES string of the molecule is CCN(C)C(=O)COc1ccc(C(C)NC)cc1Cl. The second kappa shape index (κ2) is 7.36. The Balaban J connectivity index is 2.68. The third-order valence-electron chi connectivity index (χ3n) is 3.14. The van der Waals surface area contributed by atoms with Gasteiger partial charge in [-0.2, -0.15) is 0 Å². The fourth-order valence-electron chi connectivity index (χ4n) is 1.50. The van der Waals surface area contributed by atoms with Crippen LogP contribution in [0.5, 0.6) is 5.75 Å². The van der Waals surface area contributed by atoms with E-state index in [1.54, 1.807) is 18.0 Å². The first-order chi connectivity index (χ1) is 8.99. The number of carbonyl (C=O) groups excluding carboxylic acids is 1. The van der Waals surface area contributed by atoms with Crippen LogP contribution in [0, 0.1) is 0 Å². The topological polar surface area (TPSA) is 41.6 Å². The Hall–Kier alpha value is -1.26. The summed E-state index contributed by atoms with van der Waals surface area (Å²) in [7, 11) is 3.63. The van der Waals surface area contributed by atoms with Gasteiger partial charge in [0.25, 0.3) is 5.91 Å². The summed E-state index contributed by atoms with van der Waals surface area (Å²) in [5, 5.41) is 3.66. The Kier molecular flexibility index (Phi) is 6.12. The quantitative estimate of drug-likeness (QED) is 0.873. The van der Waals surface area contributed by atoms with Gasteiger partial charge in [0.05, 0.1) is 5.02 Å². The first kappa shape index (κ1) is 15.8. The highest BCUT2D eigenvalue weighted by atomic mass is 35.5. The lowest BCUT2D eigenvalue weighted by molar-refractivity contribution is -0.131. The molecule has 1 amide bonds. The Morgan fingerprint density at radius 2 is 2.21 bits per heavy atom. The van der Waals surface area contributed by atoms with Crippen LogP contribution in [-0.2, 0) is 4.79 Å². The molecule has 0 aliphatic carbocycles. The van der Waals surface area contributed by atoms with Crippen LogP contribution >= 0.6 is 11.6 Å². The van der Waals surface area contributed by atoms with Crippen LogP contribution in [0.25, 0.3) is 0 Å². The molecule has 1 aromatic rings. The van der Waals surface area contributed by atoms with Crippen LogP contribution < -0.4 is 10.1 Å². The molecule has 1 atom stereocenters. The van der Waals surface area contributed by atoms with Crippen LogP contribution in [0.3, 0.4) is 0 Å². The van der Waals surface area contributed by atoms with E-state index in [-0.39, 0.29) is 18.6 Å². The molecule has 0 aliphatic rings. The van der Waals surface area contributed by atoms with E-state index in [4.69, 9.17) is 16.3 Å². The smallest absolute Gasteiger partial charge is 0.260 e. The Labute approximate surface area is 119 Å². The highest BCUT2D eigenvalue weighted by Gasteiger charge is 2.11. The summed E-state index contributed by atoms with van der Waals surface area (Å²) in [4.78, 5) is 13.2. The van der Waals surface area contributed by atoms with Crippen LogP contribution in [0.15, 0.2) is 18.2 Å². The van der Waals surface area contributed by atoms with Gasteiger partial charge in [-0.1, -0.05) is 17.7 Å². The van der Waals surface area contributed by atoms with E-state index < -0.39 is 0 Å². The van der Waals surface area contributed by atoms with Gasteiger partial charge >= 0.3 is 0 Å². The van der Waals surface area contributed by atoms with Gasteiger partial charge in [0.1, 0.15) is 5.75 Å². The average molecular weight is 285 g/mol. The van der Waals surface area contributed by atoms with Gasteiger partial charge in [-0.3, -0.25) is 4.79 Å². The Morgan fingerprint density at radius 1 is 1.53 bits per heavy atom. The predicted octanol–water partition coefficient (Wildman–Crippen LogP) is 2.48. The summed E-state index contributed by atoms with van der Waals surface area (Å²) in [6.07, 6.45) is 0. The lowest BCUT2D eigenvalue weighted by Gasteiger charge is -2.16. The van der Waals surface area contributed by atoms with Crippen molar-refractivity contribution in [2.75, 3.05) is 27.2 Å². The van der Waals surface area contributed by atoms with E-state index in [0.29, 0.717) is 17.3 Å². The van der Waals surface area contributed by atoms with Crippen molar-refractivity contribution < 1.29 is 9.53 Å². The van der Waals surface area contributed by atoms with E-state index in [1.165, 1.54) is 0 Å². The molecule has 0 radical (unpaired) electrons. The molecule has 0 spiro atoms. The summed E-state index contributed by atoms with van der Waals surface area (Å²) in [6.45, 7) is 4.63. The minimum absolute atomic E-state index is 0.00495. The maximum Gasteiger partial charge on any atom is 0.260 e. The van der Waals surface area contributed by atoms with Crippen LogP contribution in [0.2, 0.25) is 5.02 Å². The summed E-state index contributed by atoms with van der Waals surface area (Å²) >= 11 is 6.15. The van der Waals surface area contributed by atoms with E-state index >= 15 is 0 Å². The van der Waals surface area contributed by atoms with Gasteiger partial charge in [-0.25, -0.2) is 0 Å². The van der Waals surface area contributed by atoms with E-state index in [2.05, 4.69) is 5.32 Å². The van der Waals surface area contributed by atoms with Crippen molar-refractivity contribution in [3.63, 3.8) is 0 Å².